The maximum Gasteiger partial charge on any atom is 0.292 e. The molecule has 0 aromatic heterocycles. The highest BCUT2D eigenvalue weighted by atomic mass is 16.6. The number of aliphatic hydroxyl groups excluding tert-OH is 1. The smallest absolute Gasteiger partial charge is 0.292 e. The second kappa shape index (κ2) is 6.69. The number of nitro benzene ring substituents is 1. The summed E-state index contributed by atoms with van der Waals surface area (Å²) in [4.78, 5) is 23.8. The fourth-order valence-electron chi connectivity index (χ4n) is 1.68. The molecule has 1 aromatic rings. The maximum absolute atomic E-state index is 12.1. The zero-order chi connectivity index (χ0) is 14.4. The lowest BCUT2D eigenvalue weighted by atomic mass is 10.1. The van der Waals surface area contributed by atoms with Crippen LogP contribution >= 0.6 is 0 Å². The molecule has 7 nitrogen and oxygen atoms in total. The van der Waals surface area contributed by atoms with E-state index in [4.69, 9.17) is 10.8 Å². The Morgan fingerprint density at radius 2 is 2.21 bits per heavy atom. The first-order valence-electron chi connectivity index (χ1n) is 5.95. The Labute approximate surface area is 110 Å². The van der Waals surface area contributed by atoms with Crippen molar-refractivity contribution in [1.82, 2.24) is 4.90 Å². The molecule has 7 heteroatoms. The minimum absolute atomic E-state index is 0.00827. The third-order valence-corrected chi connectivity index (χ3v) is 2.73. The van der Waals surface area contributed by atoms with E-state index in [2.05, 4.69) is 0 Å². The number of hydrogen-bond acceptors (Lipinski definition) is 5. The van der Waals surface area contributed by atoms with Crippen molar-refractivity contribution in [2.24, 2.45) is 0 Å². The largest absolute Gasteiger partial charge is 0.396 e. The van der Waals surface area contributed by atoms with Crippen LogP contribution in [0.5, 0.6) is 0 Å². The highest BCUT2D eigenvalue weighted by Crippen LogP contribution is 2.23. The zero-order valence-corrected chi connectivity index (χ0v) is 10.7. The molecule has 0 spiro atoms. The van der Waals surface area contributed by atoms with E-state index in [1.165, 1.54) is 23.1 Å². The Hall–Kier alpha value is -2.15. The van der Waals surface area contributed by atoms with Gasteiger partial charge in [-0.15, -0.1) is 0 Å². The van der Waals surface area contributed by atoms with Crippen LogP contribution in [0.25, 0.3) is 0 Å². The predicted molar refractivity (Wildman–Crippen MR) is 70.8 cm³/mol. The number of nitrogen functional groups attached to an aromatic ring is 1. The van der Waals surface area contributed by atoms with Crippen LogP contribution in [0.15, 0.2) is 18.2 Å². The van der Waals surface area contributed by atoms with Crippen LogP contribution in [0.3, 0.4) is 0 Å². The molecule has 0 saturated heterocycles. The quantitative estimate of drug-likeness (QED) is 0.454. The lowest BCUT2D eigenvalue weighted by Gasteiger charge is -2.20. The van der Waals surface area contributed by atoms with Gasteiger partial charge >= 0.3 is 0 Å². The summed E-state index contributed by atoms with van der Waals surface area (Å²) in [5, 5.41) is 19.5. The Morgan fingerprint density at radius 1 is 1.53 bits per heavy atom. The number of nitrogens with zero attached hydrogens (tertiary/aromatic N) is 2. The van der Waals surface area contributed by atoms with E-state index in [0.717, 1.165) is 0 Å². The van der Waals surface area contributed by atoms with Gasteiger partial charge in [0.05, 0.1) is 4.92 Å². The minimum atomic E-state index is -0.615. The average molecular weight is 267 g/mol. The summed E-state index contributed by atoms with van der Waals surface area (Å²) in [7, 11) is 0. The predicted octanol–water partition coefficient (Wildman–Crippen LogP) is 1.02. The van der Waals surface area contributed by atoms with Gasteiger partial charge in [-0.05, 0) is 25.5 Å². The van der Waals surface area contributed by atoms with Gasteiger partial charge in [-0.2, -0.15) is 0 Å². The van der Waals surface area contributed by atoms with Crippen molar-refractivity contribution in [3.8, 4) is 0 Å². The first-order chi connectivity index (χ1) is 9.01. The third-order valence-electron chi connectivity index (χ3n) is 2.73. The lowest BCUT2D eigenvalue weighted by Crippen LogP contribution is -2.32. The summed E-state index contributed by atoms with van der Waals surface area (Å²) in [6.07, 6.45) is 0.469. The van der Waals surface area contributed by atoms with Crippen molar-refractivity contribution >= 4 is 17.3 Å². The first-order valence-corrected chi connectivity index (χ1v) is 5.95. The molecule has 0 bridgehead atoms. The van der Waals surface area contributed by atoms with Crippen LogP contribution in [-0.2, 0) is 0 Å². The van der Waals surface area contributed by atoms with Gasteiger partial charge in [-0.3, -0.25) is 14.9 Å². The van der Waals surface area contributed by atoms with E-state index in [1.807, 2.05) is 0 Å². The SMILES string of the molecule is CCN(CCCO)C(=O)c1ccc(N)c([N+](=O)[O-])c1. The van der Waals surface area contributed by atoms with E-state index in [9.17, 15) is 14.9 Å². The fraction of sp³-hybridized carbons (Fsp3) is 0.417. The van der Waals surface area contributed by atoms with E-state index in [1.54, 1.807) is 6.92 Å². The van der Waals surface area contributed by atoms with Crippen molar-refractivity contribution in [2.75, 3.05) is 25.4 Å². The topological polar surface area (TPSA) is 110 Å². The zero-order valence-electron chi connectivity index (χ0n) is 10.7. The van der Waals surface area contributed by atoms with E-state index in [0.29, 0.717) is 19.5 Å². The first kappa shape index (κ1) is 14.9. The maximum atomic E-state index is 12.1. The second-order valence-electron chi connectivity index (χ2n) is 3.99. The molecule has 19 heavy (non-hydrogen) atoms. The van der Waals surface area contributed by atoms with Gasteiger partial charge in [0, 0.05) is 31.3 Å². The van der Waals surface area contributed by atoms with E-state index in [-0.39, 0.29) is 29.5 Å². The van der Waals surface area contributed by atoms with Crippen molar-refractivity contribution in [3.05, 3.63) is 33.9 Å². The van der Waals surface area contributed by atoms with Gasteiger partial charge in [-0.25, -0.2) is 0 Å². The molecular formula is C12H17N3O4. The summed E-state index contributed by atoms with van der Waals surface area (Å²) in [6.45, 7) is 2.67. The molecule has 0 unspecified atom stereocenters. The summed E-state index contributed by atoms with van der Waals surface area (Å²) < 4.78 is 0. The van der Waals surface area contributed by atoms with Crippen LogP contribution in [0.2, 0.25) is 0 Å². The highest BCUT2D eigenvalue weighted by Gasteiger charge is 2.19. The molecular weight excluding hydrogens is 250 g/mol. The Balaban J connectivity index is 2.98. The van der Waals surface area contributed by atoms with Crippen molar-refractivity contribution < 1.29 is 14.8 Å². The van der Waals surface area contributed by atoms with Crippen LogP contribution in [-0.4, -0.2) is 40.5 Å². The average Bonchev–Trinajstić information content (AvgIpc) is 2.39. The van der Waals surface area contributed by atoms with Gasteiger partial charge in [0.2, 0.25) is 0 Å². The number of aliphatic hydroxyl groups is 1. The number of anilines is 1. The van der Waals surface area contributed by atoms with Crippen LogP contribution < -0.4 is 5.73 Å². The monoisotopic (exact) mass is 267 g/mol. The lowest BCUT2D eigenvalue weighted by molar-refractivity contribution is -0.383. The molecule has 0 aliphatic heterocycles. The van der Waals surface area contributed by atoms with Gasteiger partial charge in [0.25, 0.3) is 11.6 Å². The number of benzene rings is 1. The molecule has 0 fully saturated rings. The normalized spacial score (nSPS) is 10.2. The van der Waals surface area contributed by atoms with Gasteiger partial charge in [0.15, 0.2) is 0 Å². The van der Waals surface area contributed by atoms with Gasteiger partial charge < -0.3 is 15.7 Å². The summed E-state index contributed by atoms with van der Waals surface area (Å²) in [5.41, 5.74) is 5.46. The molecule has 0 radical (unpaired) electrons. The standard InChI is InChI=1S/C12H17N3O4/c1-2-14(6-3-7-16)12(17)9-4-5-10(13)11(8-9)15(18)19/h4-5,8,16H,2-3,6-7,13H2,1H3. The molecule has 1 aromatic carbocycles. The Kier molecular flexibility index (Phi) is 5.25. The molecule has 1 amide bonds. The molecule has 0 atom stereocenters. The number of nitro groups is 1. The number of rotatable bonds is 6. The Bertz CT molecular complexity index is 476. The second-order valence-corrected chi connectivity index (χ2v) is 3.99. The van der Waals surface area contributed by atoms with Crippen LogP contribution in [0.1, 0.15) is 23.7 Å². The highest BCUT2D eigenvalue weighted by molar-refractivity contribution is 5.95. The van der Waals surface area contributed by atoms with Crippen molar-refractivity contribution in [1.29, 1.82) is 0 Å². The number of nitrogens with two attached hydrogens (primary N) is 1. The fourth-order valence-corrected chi connectivity index (χ4v) is 1.68. The molecule has 3 N–H and O–H groups in total. The molecule has 0 aliphatic carbocycles. The molecule has 0 aliphatic rings. The number of amides is 1. The molecule has 1 rings (SSSR count). The van der Waals surface area contributed by atoms with Crippen LogP contribution in [0, 0.1) is 10.1 Å². The van der Waals surface area contributed by atoms with E-state index < -0.39 is 4.92 Å². The van der Waals surface area contributed by atoms with Gasteiger partial charge in [-0.1, -0.05) is 0 Å². The number of hydrogen-bond donors (Lipinski definition) is 2. The van der Waals surface area contributed by atoms with Crippen molar-refractivity contribution in [2.45, 2.75) is 13.3 Å². The summed E-state index contributed by atoms with van der Waals surface area (Å²) in [5.74, 6) is -0.306. The third kappa shape index (κ3) is 3.65. The van der Waals surface area contributed by atoms with Crippen LogP contribution in [0.4, 0.5) is 11.4 Å². The molecule has 0 saturated carbocycles. The number of carbonyl (C=O) groups excluding carboxylic acids is 1. The van der Waals surface area contributed by atoms with E-state index >= 15 is 0 Å². The Morgan fingerprint density at radius 3 is 2.74 bits per heavy atom. The number of carbonyl (C=O) groups is 1. The summed E-state index contributed by atoms with van der Waals surface area (Å²) in [6, 6.07) is 4.00. The minimum Gasteiger partial charge on any atom is -0.396 e. The molecule has 0 heterocycles. The van der Waals surface area contributed by atoms with Crippen molar-refractivity contribution in [3.63, 3.8) is 0 Å². The summed E-state index contributed by atoms with van der Waals surface area (Å²) >= 11 is 0. The van der Waals surface area contributed by atoms with Gasteiger partial charge in [0.1, 0.15) is 5.69 Å². The molecule has 104 valence electrons.